The molecule has 2 rings (SSSR count). The predicted octanol–water partition coefficient (Wildman–Crippen LogP) is 1.27. The van der Waals surface area contributed by atoms with Crippen molar-refractivity contribution in [2.75, 3.05) is 17.7 Å². The zero-order valence-electron chi connectivity index (χ0n) is 12.9. The molecule has 23 heavy (non-hydrogen) atoms. The highest BCUT2D eigenvalue weighted by Gasteiger charge is 2.23. The number of nitrogens with one attached hydrogen (secondary N) is 2. The molecular formula is C15H20N2O5S. The zero-order chi connectivity index (χ0) is 16.9. The van der Waals surface area contributed by atoms with Gasteiger partial charge in [-0.3, -0.25) is 9.59 Å². The molecule has 0 aliphatic carbocycles. The summed E-state index contributed by atoms with van der Waals surface area (Å²) < 4.78 is 30.6. The average Bonchev–Trinajstić information content (AvgIpc) is 3.01. The Bertz CT molecular complexity index is 681. The largest absolute Gasteiger partial charge is 0.368 e. The highest BCUT2D eigenvalue weighted by atomic mass is 32.2. The van der Waals surface area contributed by atoms with Crippen molar-refractivity contribution in [3.63, 3.8) is 0 Å². The number of anilines is 1. The van der Waals surface area contributed by atoms with Crippen LogP contribution in [0.2, 0.25) is 0 Å². The lowest BCUT2D eigenvalue weighted by molar-refractivity contribution is -0.124. The lowest BCUT2D eigenvalue weighted by Gasteiger charge is -2.11. The third-order valence-corrected chi connectivity index (χ3v) is 4.78. The number of ether oxygens (including phenoxy) is 1. The molecule has 2 amide bonds. The Hall–Kier alpha value is -1.93. The van der Waals surface area contributed by atoms with Gasteiger partial charge in [-0.1, -0.05) is 13.0 Å². The number of rotatable bonds is 6. The molecule has 1 fully saturated rings. The van der Waals surface area contributed by atoms with Crippen molar-refractivity contribution in [1.29, 1.82) is 0 Å². The molecule has 1 atom stereocenters. The van der Waals surface area contributed by atoms with Crippen LogP contribution in [0.25, 0.3) is 0 Å². The monoisotopic (exact) mass is 340 g/mol. The molecule has 1 aliphatic heterocycles. The normalized spacial score (nSPS) is 17.7. The molecule has 0 unspecified atom stereocenters. The standard InChI is InChI=1S/C15H20N2O5S/c1-2-9-23(20,21)17-14(18)11-5-3-6-12(10-11)16-15(19)13-7-4-8-22-13/h3,5-6,10,13H,2,4,7-9H2,1H3,(H,16,19)(H,17,18)/t13-/m1/s1. The Kier molecular flexibility index (Phi) is 5.73. The van der Waals surface area contributed by atoms with Gasteiger partial charge in [0.25, 0.3) is 11.8 Å². The highest BCUT2D eigenvalue weighted by Crippen LogP contribution is 2.16. The molecule has 0 bridgehead atoms. The minimum absolute atomic E-state index is 0.117. The molecule has 8 heteroatoms. The number of carbonyl (C=O) groups excluding carboxylic acids is 2. The van der Waals surface area contributed by atoms with Gasteiger partial charge in [0.2, 0.25) is 10.0 Å². The van der Waals surface area contributed by atoms with Crippen molar-refractivity contribution in [1.82, 2.24) is 4.72 Å². The Morgan fingerprint density at radius 3 is 2.78 bits per heavy atom. The Labute approximate surface area is 135 Å². The van der Waals surface area contributed by atoms with E-state index in [9.17, 15) is 18.0 Å². The molecule has 0 radical (unpaired) electrons. The number of amides is 2. The van der Waals surface area contributed by atoms with Crippen LogP contribution < -0.4 is 10.0 Å². The van der Waals surface area contributed by atoms with Crippen LogP contribution in [0.5, 0.6) is 0 Å². The van der Waals surface area contributed by atoms with E-state index >= 15 is 0 Å². The molecule has 1 saturated heterocycles. The maximum atomic E-state index is 12.0. The van der Waals surface area contributed by atoms with E-state index in [2.05, 4.69) is 5.32 Å². The van der Waals surface area contributed by atoms with Crippen LogP contribution in [0.3, 0.4) is 0 Å². The fourth-order valence-electron chi connectivity index (χ4n) is 2.27. The minimum Gasteiger partial charge on any atom is -0.368 e. The molecule has 1 aliphatic rings. The first-order chi connectivity index (χ1) is 10.9. The number of hydrogen-bond donors (Lipinski definition) is 2. The van der Waals surface area contributed by atoms with Gasteiger partial charge < -0.3 is 10.1 Å². The summed E-state index contributed by atoms with van der Waals surface area (Å²) in [5.74, 6) is -1.10. The number of benzene rings is 1. The average molecular weight is 340 g/mol. The molecule has 0 aromatic heterocycles. The van der Waals surface area contributed by atoms with E-state index in [0.29, 0.717) is 25.1 Å². The summed E-state index contributed by atoms with van der Waals surface area (Å²) >= 11 is 0. The third-order valence-electron chi connectivity index (χ3n) is 3.34. The van der Waals surface area contributed by atoms with Crippen LogP contribution in [0, 0.1) is 0 Å². The van der Waals surface area contributed by atoms with Gasteiger partial charge in [-0.2, -0.15) is 0 Å². The second-order valence-corrected chi connectivity index (χ2v) is 7.16. The van der Waals surface area contributed by atoms with E-state index in [1.54, 1.807) is 19.1 Å². The van der Waals surface area contributed by atoms with Crippen LogP contribution in [0.1, 0.15) is 36.5 Å². The first-order valence-electron chi connectivity index (χ1n) is 7.48. The van der Waals surface area contributed by atoms with E-state index in [1.807, 2.05) is 4.72 Å². The summed E-state index contributed by atoms with van der Waals surface area (Å²) in [7, 11) is -3.63. The van der Waals surface area contributed by atoms with Crippen LogP contribution >= 0.6 is 0 Å². The summed E-state index contributed by atoms with van der Waals surface area (Å²) in [5.41, 5.74) is 0.584. The van der Waals surface area contributed by atoms with Crippen LogP contribution in [-0.2, 0) is 19.6 Å². The van der Waals surface area contributed by atoms with E-state index in [1.165, 1.54) is 12.1 Å². The second-order valence-electron chi connectivity index (χ2n) is 5.32. The Balaban J connectivity index is 2.04. The van der Waals surface area contributed by atoms with Crippen molar-refractivity contribution in [2.45, 2.75) is 32.3 Å². The van der Waals surface area contributed by atoms with Crippen molar-refractivity contribution in [2.24, 2.45) is 0 Å². The summed E-state index contributed by atoms with van der Waals surface area (Å²) in [6.07, 6.45) is 1.45. The Morgan fingerprint density at radius 2 is 2.13 bits per heavy atom. The zero-order valence-corrected chi connectivity index (χ0v) is 13.7. The second kappa shape index (κ2) is 7.56. The van der Waals surface area contributed by atoms with Gasteiger partial charge in [0.05, 0.1) is 5.75 Å². The SMILES string of the molecule is CCCS(=O)(=O)NC(=O)c1cccc(NC(=O)[C@H]2CCCO2)c1. The summed E-state index contributed by atoms with van der Waals surface area (Å²) in [6, 6.07) is 6.12. The molecular weight excluding hydrogens is 320 g/mol. The molecule has 0 spiro atoms. The predicted molar refractivity (Wildman–Crippen MR) is 85.6 cm³/mol. The lowest BCUT2D eigenvalue weighted by atomic mass is 10.2. The Morgan fingerprint density at radius 1 is 1.35 bits per heavy atom. The fourth-order valence-corrected chi connectivity index (χ4v) is 3.31. The summed E-state index contributed by atoms with van der Waals surface area (Å²) in [5, 5.41) is 2.67. The maximum Gasteiger partial charge on any atom is 0.264 e. The van der Waals surface area contributed by atoms with E-state index in [-0.39, 0.29) is 17.2 Å². The smallest absolute Gasteiger partial charge is 0.264 e. The summed E-state index contributed by atoms with van der Waals surface area (Å²) in [4.78, 5) is 24.0. The quantitative estimate of drug-likeness (QED) is 0.812. The summed E-state index contributed by atoms with van der Waals surface area (Å²) in [6.45, 7) is 2.28. The van der Waals surface area contributed by atoms with Gasteiger partial charge in [0, 0.05) is 17.9 Å². The number of carbonyl (C=O) groups is 2. The van der Waals surface area contributed by atoms with Crippen molar-refractivity contribution >= 4 is 27.5 Å². The first kappa shape index (κ1) is 17.4. The molecule has 7 nitrogen and oxygen atoms in total. The topological polar surface area (TPSA) is 102 Å². The van der Waals surface area contributed by atoms with Gasteiger partial charge in [0.15, 0.2) is 0 Å². The minimum atomic E-state index is -3.63. The van der Waals surface area contributed by atoms with Crippen molar-refractivity contribution < 1.29 is 22.7 Å². The first-order valence-corrected chi connectivity index (χ1v) is 9.14. The van der Waals surface area contributed by atoms with Crippen LogP contribution in [-0.4, -0.2) is 38.7 Å². The van der Waals surface area contributed by atoms with Gasteiger partial charge in [0.1, 0.15) is 6.10 Å². The van der Waals surface area contributed by atoms with Gasteiger partial charge in [-0.25, -0.2) is 13.1 Å². The molecule has 1 aromatic rings. The fraction of sp³-hybridized carbons (Fsp3) is 0.467. The van der Waals surface area contributed by atoms with Crippen molar-refractivity contribution in [3.05, 3.63) is 29.8 Å². The number of hydrogen-bond acceptors (Lipinski definition) is 5. The molecule has 0 saturated carbocycles. The molecule has 1 aromatic carbocycles. The van der Waals surface area contributed by atoms with Gasteiger partial charge in [-0.05, 0) is 37.5 Å². The van der Waals surface area contributed by atoms with E-state index < -0.39 is 22.0 Å². The lowest BCUT2D eigenvalue weighted by Crippen LogP contribution is -2.32. The van der Waals surface area contributed by atoms with Gasteiger partial charge >= 0.3 is 0 Å². The molecule has 126 valence electrons. The third kappa shape index (κ3) is 5.04. The van der Waals surface area contributed by atoms with Crippen molar-refractivity contribution in [3.8, 4) is 0 Å². The maximum absolute atomic E-state index is 12.0. The van der Waals surface area contributed by atoms with E-state index in [4.69, 9.17) is 4.74 Å². The molecule has 1 heterocycles. The van der Waals surface area contributed by atoms with E-state index in [0.717, 1.165) is 6.42 Å². The van der Waals surface area contributed by atoms with Gasteiger partial charge in [-0.15, -0.1) is 0 Å². The van der Waals surface area contributed by atoms with Crippen LogP contribution in [0.15, 0.2) is 24.3 Å². The van der Waals surface area contributed by atoms with Crippen LogP contribution in [0.4, 0.5) is 5.69 Å². The highest BCUT2D eigenvalue weighted by molar-refractivity contribution is 7.90. The number of sulfonamides is 1. The molecule has 2 N–H and O–H groups in total.